The van der Waals surface area contributed by atoms with Crippen LogP contribution in [0.4, 0.5) is 5.69 Å². The molecule has 2 heterocycles. The third-order valence-electron chi connectivity index (χ3n) is 3.26. The Labute approximate surface area is 125 Å². The molecular formula is C15H23N3O3. The second kappa shape index (κ2) is 8.59. The van der Waals surface area contributed by atoms with Crippen LogP contribution in [0.3, 0.4) is 0 Å². The smallest absolute Gasteiger partial charge is 0.224 e. The molecular weight excluding hydrogens is 270 g/mol. The van der Waals surface area contributed by atoms with Gasteiger partial charge in [-0.1, -0.05) is 6.92 Å². The Balaban J connectivity index is 1.70. The number of hydrogen-bond donors (Lipinski definition) is 1. The first-order valence-electron chi connectivity index (χ1n) is 7.46. The summed E-state index contributed by atoms with van der Waals surface area (Å²) in [6, 6.07) is 3.59. The molecule has 116 valence electrons. The monoisotopic (exact) mass is 293 g/mol. The number of anilines is 1. The summed E-state index contributed by atoms with van der Waals surface area (Å²) in [4.78, 5) is 18.0. The Morgan fingerprint density at radius 3 is 2.90 bits per heavy atom. The quantitative estimate of drug-likeness (QED) is 0.826. The van der Waals surface area contributed by atoms with Gasteiger partial charge in [0.25, 0.3) is 0 Å². The van der Waals surface area contributed by atoms with Crippen LogP contribution in [0, 0.1) is 0 Å². The topological polar surface area (TPSA) is 63.7 Å². The van der Waals surface area contributed by atoms with Gasteiger partial charge in [0.15, 0.2) is 0 Å². The number of morpholine rings is 1. The van der Waals surface area contributed by atoms with Crippen molar-refractivity contribution in [3.63, 3.8) is 0 Å². The summed E-state index contributed by atoms with van der Waals surface area (Å²) < 4.78 is 10.9. The van der Waals surface area contributed by atoms with E-state index < -0.39 is 0 Å². The molecule has 0 bridgehead atoms. The van der Waals surface area contributed by atoms with Crippen molar-refractivity contribution in [1.82, 2.24) is 9.88 Å². The van der Waals surface area contributed by atoms with Crippen LogP contribution < -0.4 is 10.1 Å². The number of nitrogens with zero attached hydrogens (tertiary/aromatic N) is 2. The van der Waals surface area contributed by atoms with Gasteiger partial charge in [-0.25, -0.2) is 4.98 Å². The standard InChI is InChI=1S/C15H23N3O3/c1-2-3-14(19)17-13-4-5-15(16-12-13)21-11-8-18-6-9-20-10-7-18/h4-5,12H,2-3,6-11H2,1H3,(H,17,19). The van der Waals surface area contributed by atoms with Crippen LogP contribution in [-0.4, -0.2) is 55.2 Å². The van der Waals surface area contributed by atoms with Crippen molar-refractivity contribution in [3.8, 4) is 5.88 Å². The van der Waals surface area contributed by atoms with Crippen molar-refractivity contribution >= 4 is 11.6 Å². The first-order chi connectivity index (χ1) is 10.3. The van der Waals surface area contributed by atoms with Gasteiger partial charge in [0.05, 0.1) is 25.1 Å². The van der Waals surface area contributed by atoms with Crippen LogP contribution in [0.15, 0.2) is 18.3 Å². The lowest BCUT2D eigenvalue weighted by Gasteiger charge is -2.26. The van der Waals surface area contributed by atoms with Gasteiger partial charge in [0.1, 0.15) is 6.61 Å². The summed E-state index contributed by atoms with van der Waals surface area (Å²) >= 11 is 0. The van der Waals surface area contributed by atoms with Crippen molar-refractivity contribution in [2.75, 3.05) is 44.8 Å². The molecule has 1 saturated heterocycles. The fourth-order valence-corrected chi connectivity index (χ4v) is 2.09. The molecule has 1 aromatic heterocycles. The molecule has 2 rings (SSSR count). The maximum Gasteiger partial charge on any atom is 0.224 e. The Bertz CT molecular complexity index is 430. The van der Waals surface area contributed by atoms with Crippen molar-refractivity contribution in [2.45, 2.75) is 19.8 Å². The second-order valence-electron chi connectivity index (χ2n) is 4.99. The molecule has 1 aliphatic rings. The van der Waals surface area contributed by atoms with E-state index in [0.717, 1.165) is 39.3 Å². The summed E-state index contributed by atoms with van der Waals surface area (Å²) in [6.45, 7) is 6.96. The number of ether oxygens (including phenoxy) is 2. The normalized spacial score (nSPS) is 15.7. The van der Waals surface area contributed by atoms with Crippen molar-refractivity contribution < 1.29 is 14.3 Å². The Morgan fingerprint density at radius 1 is 1.43 bits per heavy atom. The highest BCUT2D eigenvalue weighted by Gasteiger charge is 2.09. The third kappa shape index (κ3) is 5.69. The van der Waals surface area contributed by atoms with E-state index in [9.17, 15) is 4.79 Å². The van der Waals surface area contributed by atoms with Crippen LogP contribution in [0.5, 0.6) is 5.88 Å². The molecule has 6 nitrogen and oxygen atoms in total. The minimum Gasteiger partial charge on any atom is -0.476 e. The van der Waals surface area contributed by atoms with Crippen LogP contribution in [-0.2, 0) is 9.53 Å². The molecule has 1 aliphatic heterocycles. The fourth-order valence-electron chi connectivity index (χ4n) is 2.09. The van der Waals surface area contributed by atoms with E-state index in [-0.39, 0.29) is 5.91 Å². The average molecular weight is 293 g/mol. The zero-order valence-corrected chi connectivity index (χ0v) is 12.5. The number of carbonyl (C=O) groups is 1. The number of amides is 1. The Hall–Kier alpha value is -1.66. The van der Waals surface area contributed by atoms with Crippen molar-refractivity contribution in [3.05, 3.63) is 18.3 Å². The molecule has 0 atom stereocenters. The largest absolute Gasteiger partial charge is 0.476 e. The van der Waals surface area contributed by atoms with Gasteiger partial charge in [-0.05, 0) is 12.5 Å². The van der Waals surface area contributed by atoms with Crippen LogP contribution >= 0.6 is 0 Å². The van der Waals surface area contributed by atoms with Gasteiger partial charge < -0.3 is 14.8 Å². The van der Waals surface area contributed by atoms with E-state index in [0.29, 0.717) is 24.6 Å². The average Bonchev–Trinajstić information content (AvgIpc) is 2.50. The predicted molar refractivity (Wildman–Crippen MR) is 80.5 cm³/mol. The SMILES string of the molecule is CCCC(=O)Nc1ccc(OCCN2CCOCC2)nc1. The summed E-state index contributed by atoms with van der Waals surface area (Å²) in [7, 11) is 0. The number of rotatable bonds is 7. The molecule has 1 fully saturated rings. The highest BCUT2D eigenvalue weighted by Crippen LogP contribution is 2.12. The first kappa shape index (κ1) is 15.7. The molecule has 1 amide bonds. The third-order valence-corrected chi connectivity index (χ3v) is 3.26. The molecule has 0 unspecified atom stereocenters. The predicted octanol–water partition coefficient (Wildman–Crippen LogP) is 1.53. The Morgan fingerprint density at radius 2 is 2.24 bits per heavy atom. The van der Waals surface area contributed by atoms with Gasteiger partial charge in [0.2, 0.25) is 11.8 Å². The van der Waals surface area contributed by atoms with E-state index >= 15 is 0 Å². The summed E-state index contributed by atoms with van der Waals surface area (Å²) in [5.74, 6) is 0.594. The summed E-state index contributed by atoms with van der Waals surface area (Å²) in [5, 5.41) is 2.80. The first-order valence-corrected chi connectivity index (χ1v) is 7.46. The number of nitrogens with one attached hydrogen (secondary N) is 1. The van der Waals surface area contributed by atoms with Gasteiger partial charge in [-0.3, -0.25) is 9.69 Å². The lowest BCUT2D eigenvalue weighted by molar-refractivity contribution is -0.116. The van der Waals surface area contributed by atoms with E-state index in [1.54, 1.807) is 12.3 Å². The molecule has 0 saturated carbocycles. The van der Waals surface area contributed by atoms with E-state index in [4.69, 9.17) is 9.47 Å². The lowest BCUT2D eigenvalue weighted by atomic mass is 10.3. The fraction of sp³-hybridized carbons (Fsp3) is 0.600. The molecule has 1 aromatic rings. The number of aromatic nitrogens is 1. The molecule has 0 spiro atoms. The molecule has 0 aliphatic carbocycles. The molecule has 0 radical (unpaired) electrons. The molecule has 21 heavy (non-hydrogen) atoms. The molecule has 6 heteroatoms. The molecule has 0 aromatic carbocycles. The second-order valence-corrected chi connectivity index (χ2v) is 4.99. The number of hydrogen-bond acceptors (Lipinski definition) is 5. The van der Waals surface area contributed by atoms with Gasteiger partial charge in [-0.15, -0.1) is 0 Å². The highest BCUT2D eigenvalue weighted by molar-refractivity contribution is 5.90. The Kier molecular flexibility index (Phi) is 6.43. The van der Waals surface area contributed by atoms with Crippen LogP contribution in [0.2, 0.25) is 0 Å². The maximum atomic E-state index is 11.5. The highest BCUT2D eigenvalue weighted by atomic mass is 16.5. The number of pyridine rings is 1. The van der Waals surface area contributed by atoms with Gasteiger partial charge in [0, 0.05) is 32.1 Å². The van der Waals surface area contributed by atoms with Crippen molar-refractivity contribution in [2.24, 2.45) is 0 Å². The zero-order valence-electron chi connectivity index (χ0n) is 12.5. The lowest BCUT2D eigenvalue weighted by Crippen LogP contribution is -2.38. The molecule has 1 N–H and O–H groups in total. The number of carbonyl (C=O) groups excluding carboxylic acids is 1. The van der Waals surface area contributed by atoms with Gasteiger partial charge in [-0.2, -0.15) is 0 Å². The van der Waals surface area contributed by atoms with E-state index in [1.807, 2.05) is 13.0 Å². The minimum absolute atomic E-state index is 0.0142. The van der Waals surface area contributed by atoms with E-state index in [1.165, 1.54) is 0 Å². The minimum atomic E-state index is 0.0142. The maximum absolute atomic E-state index is 11.5. The van der Waals surface area contributed by atoms with Crippen molar-refractivity contribution in [1.29, 1.82) is 0 Å². The zero-order chi connectivity index (χ0) is 14.9. The summed E-state index contributed by atoms with van der Waals surface area (Å²) in [5.41, 5.74) is 0.703. The van der Waals surface area contributed by atoms with Crippen LogP contribution in [0.25, 0.3) is 0 Å². The van der Waals surface area contributed by atoms with Crippen LogP contribution in [0.1, 0.15) is 19.8 Å². The van der Waals surface area contributed by atoms with E-state index in [2.05, 4.69) is 15.2 Å². The summed E-state index contributed by atoms with van der Waals surface area (Å²) in [6.07, 6.45) is 2.98. The van der Waals surface area contributed by atoms with Gasteiger partial charge >= 0.3 is 0 Å².